The summed E-state index contributed by atoms with van der Waals surface area (Å²) in [7, 11) is 0. The maximum atomic E-state index is 12.3. The highest BCUT2D eigenvalue weighted by molar-refractivity contribution is 5.86. The third kappa shape index (κ3) is 3.89. The highest BCUT2D eigenvalue weighted by Gasteiger charge is 2.28. The molecule has 19 heavy (non-hydrogen) atoms. The van der Waals surface area contributed by atoms with Crippen LogP contribution in [0.3, 0.4) is 0 Å². The van der Waals surface area contributed by atoms with Crippen molar-refractivity contribution in [3.8, 4) is 0 Å². The van der Waals surface area contributed by atoms with E-state index in [4.69, 9.17) is 5.11 Å². The molecule has 0 saturated carbocycles. The molecule has 0 spiro atoms. The summed E-state index contributed by atoms with van der Waals surface area (Å²) in [6.45, 7) is 4.54. The summed E-state index contributed by atoms with van der Waals surface area (Å²) in [5.41, 5.74) is 0. The molecule has 3 N–H and O–H groups in total. The van der Waals surface area contributed by atoms with Crippen LogP contribution in [0.4, 0.5) is 0 Å². The SMILES string of the molecule is O=C1CNC(C(=O)N2CCCN(CCO)CC2)CN1. The van der Waals surface area contributed by atoms with Gasteiger partial charge in [-0.25, -0.2) is 0 Å². The second-order valence-corrected chi connectivity index (χ2v) is 4.98. The molecule has 2 saturated heterocycles. The van der Waals surface area contributed by atoms with Crippen molar-refractivity contribution >= 4 is 11.8 Å². The average molecular weight is 270 g/mol. The maximum Gasteiger partial charge on any atom is 0.241 e. The Hall–Kier alpha value is -1.18. The van der Waals surface area contributed by atoms with Gasteiger partial charge in [0.05, 0.1) is 13.2 Å². The Labute approximate surface area is 112 Å². The van der Waals surface area contributed by atoms with E-state index in [1.165, 1.54) is 0 Å². The van der Waals surface area contributed by atoms with Crippen LogP contribution >= 0.6 is 0 Å². The van der Waals surface area contributed by atoms with Crippen LogP contribution in [-0.4, -0.2) is 85.2 Å². The predicted octanol–water partition coefficient (Wildman–Crippen LogP) is -2.40. The highest BCUT2D eigenvalue weighted by Crippen LogP contribution is 2.05. The van der Waals surface area contributed by atoms with Gasteiger partial charge in [0, 0.05) is 32.7 Å². The zero-order valence-electron chi connectivity index (χ0n) is 11.1. The standard InChI is InChI=1S/C12H22N4O3/c17-7-6-15-2-1-3-16(5-4-15)12(19)10-8-14-11(18)9-13-10/h10,13,17H,1-9H2,(H,14,18). The number of rotatable bonds is 3. The first-order valence-corrected chi connectivity index (χ1v) is 6.83. The van der Waals surface area contributed by atoms with E-state index in [0.717, 1.165) is 26.1 Å². The fourth-order valence-electron chi connectivity index (χ4n) is 2.52. The van der Waals surface area contributed by atoms with E-state index in [1.807, 2.05) is 4.90 Å². The van der Waals surface area contributed by atoms with Gasteiger partial charge in [-0.1, -0.05) is 0 Å². The molecule has 108 valence electrons. The molecule has 7 nitrogen and oxygen atoms in total. The summed E-state index contributed by atoms with van der Waals surface area (Å²) in [5.74, 6) is -0.000106. The lowest BCUT2D eigenvalue weighted by molar-refractivity contribution is -0.134. The molecule has 0 aromatic heterocycles. The van der Waals surface area contributed by atoms with Gasteiger partial charge in [-0.05, 0) is 13.0 Å². The number of nitrogens with zero attached hydrogens (tertiary/aromatic N) is 2. The Kier molecular flexibility index (Phi) is 5.12. The molecule has 2 aliphatic heterocycles. The minimum Gasteiger partial charge on any atom is -0.395 e. The van der Waals surface area contributed by atoms with Crippen LogP contribution in [0.1, 0.15) is 6.42 Å². The molecule has 2 rings (SSSR count). The monoisotopic (exact) mass is 270 g/mol. The molecular weight excluding hydrogens is 248 g/mol. The molecule has 2 fully saturated rings. The van der Waals surface area contributed by atoms with Crippen molar-refractivity contribution in [2.24, 2.45) is 0 Å². The smallest absolute Gasteiger partial charge is 0.241 e. The van der Waals surface area contributed by atoms with Crippen molar-refractivity contribution in [3.05, 3.63) is 0 Å². The van der Waals surface area contributed by atoms with Crippen LogP contribution in [0.5, 0.6) is 0 Å². The number of hydrogen-bond acceptors (Lipinski definition) is 5. The third-order valence-electron chi connectivity index (χ3n) is 3.63. The molecular formula is C12H22N4O3. The summed E-state index contributed by atoms with van der Waals surface area (Å²) < 4.78 is 0. The topological polar surface area (TPSA) is 84.9 Å². The lowest BCUT2D eigenvalue weighted by Gasteiger charge is -2.29. The van der Waals surface area contributed by atoms with Gasteiger partial charge in [0.1, 0.15) is 6.04 Å². The maximum absolute atomic E-state index is 12.3. The van der Waals surface area contributed by atoms with Gasteiger partial charge < -0.3 is 15.3 Å². The van der Waals surface area contributed by atoms with Crippen molar-refractivity contribution < 1.29 is 14.7 Å². The van der Waals surface area contributed by atoms with Crippen LogP contribution in [0.25, 0.3) is 0 Å². The van der Waals surface area contributed by atoms with Crippen molar-refractivity contribution in [1.29, 1.82) is 0 Å². The lowest BCUT2D eigenvalue weighted by atomic mass is 10.2. The molecule has 2 amide bonds. The Morgan fingerprint density at radius 3 is 2.84 bits per heavy atom. The van der Waals surface area contributed by atoms with E-state index in [2.05, 4.69) is 15.5 Å². The minimum atomic E-state index is -0.304. The van der Waals surface area contributed by atoms with E-state index in [-0.39, 0.29) is 31.0 Å². The molecule has 1 unspecified atom stereocenters. The molecule has 0 radical (unpaired) electrons. The highest BCUT2D eigenvalue weighted by atomic mass is 16.3. The second kappa shape index (κ2) is 6.83. The van der Waals surface area contributed by atoms with Crippen molar-refractivity contribution in [3.63, 3.8) is 0 Å². The first-order chi connectivity index (χ1) is 9.20. The molecule has 2 heterocycles. The summed E-state index contributed by atoms with van der Waals surface area (Å²) >= 11 is 0. The van der Waals surface area contributed by atoms with Gasteiger partial charge >= 0.3 is 0 Å². The zero-order chi connectivity index (χ0) is 13.7. The number of aliphatic hydroxyl groups is 1. The molecule has 0 aromatic rings. The summed E-state index contributed by atoms with van der Waals surface area (Å²) in [6, 6.07) is -0.304. The summed E-state index contributed by atoms with van der Waals surface area (Å²) in [5, 5.41) is 14.6. The quantitative estimate of drug-likeness (QED) is 0.532. The molecule has 7 heteroatoms. The number of β-amino-alcohol motifs (C(OH)–C–C–N with tert-alkyl or cyclic N) is 1. The molecule has 2 aliphatic rings. The van der Waals surface area contributed by atoms with E-state index in [0.29, 0.717) is 19.6 Å². The van der Waals surface area contributed by atoms with E-state index in [9.17, 15) is 9.59 Å². The Morgan fingerprint density at radius 1 is 1.32 bits per heavy atom. The number of carbonyl (C=O) groups is 2. The van der Waals surface area contributed by atoms with Gasteiger partial charge in [-0.2, -0.15) is 0 Å². The summed E-state index contributed by atoms with van der Waals surface area (Å²) in [4.78, 5) is 27.4. The van der Waals surface area contributed by atoms with Gasteiger partial charge in [0.15, 0.2) is 0 Å². The van der Waals surface area contributed by atoms with Crippen LogP contribution in [0, 0.1) is 0 Å². The van der Waals surface area contributed by atoms with Crippen LogP contribution < -0.4 is 10.6 Å². The fraction of sp³-hybridized carbons (Fsp3) is 0.833. The largest absolute Gasteiger partial charge is 0.395 e. The number of piperazine rings is 1. The van der Waals surface area contributed by atoms with Gasteiger partial charge in [0.2, 0.25) is 11.8 Å². The fourth-order valence-corrected chi connectivity index (χ4v) is 2.52. The average Bonchev–Trinajstić information content (AvgIpc) is 2.65. The van der Waals surface area contributed by atoms with Crippen molar-refractivity contribution in [1.82, 2.24) is 20.4 Å². The van der Waals surface area contributed by atoms with E-state index >= 15 is 0 Å². The number of nitrogens with one attached hydrogen (secondary N) is 2. The number of hydrogen-bond donors (Lipinski definition) is 3. The Balaban J connectivity index is 1.84. The second-order valence-electron chi connectivity index (χ2n) is 4.98. The summed E-state index contributed by atoms with van der Waals surface area (Å²) in [6.07, 6.45) is 0.921. The van der Waals surface area contributed by atoms with Gasteiger partial charge in [-0.15, -0.1) is 0 Å². The predicted molar refractivity (Wildman–Crippen MR) is 69.5 cm³/mol. The Bertz CT molecular complexity index is 327. The molecule has 0 bridgehead atoms. The van der Waals surface area contributed by atoms with Gasteiger partial charge in [-0.3, -0.25) is 19.8 Å². The van der Waals surface area contributed by atoms with Crippen LogP contribution in [-0.2, 0) is 9.59 Å². The van der Waals surface area contributed by atoms with Gasteiger partial charge in [0.25, 0.3) is 0 Å². The van der Waals surface area contributed by atoms with Crippen LogP contribution in [0.2, 0.25) is 0 Å². The Morgan fingerprint density at radius 2 is 2.16 bits per heavy atom. The zero-order valence-corrected chi connectivity index (χ0v) is 11.1. The molecule has 1 atom stereocenters. The normalized spacial score (nSPS) is 25.8. The first kappa shape index (κ1) is 14.2. The van der Waals surface area contributed by atoms with Crippen LogP contribution in [0.15, 0.2) is 0 Å². The number of amides is 2. The third-order valence-corrected chi connectivity index (χ3v) is 3.63. The molecule has 0 aliphatic carbocycles. The number of aliphatic hydroxyl groups excluding tert-OH is 1. The van der Waals surface area contributed by atoms with Crippen molar-refractivity contribution in [2.75, 3.05) is 52.4 Å². The first-order valence-electron chi connectivity index (χ1n) is 6.83. The van der Waals surface area contributed by atoms with E-state index < -0.39 is 0 Å². The molecule has 0 aromatic carbocycles. The number of carbonyl (C=O) groups excluding carboxylic acids is 2. The lowest BCUT2D eigenvalue weighted by Crippen LogP contribution is -2.59. The van der Waals surface area contributed by atoms with E-state index in [1.54, 1.807) is 0 Å². The van der Waals surface area contributed by atoms with Crippen molar-refractivity contribution in [2.45, 2.75) is 12.5 Å². The minimum absolute atomic E-state index is 0.0610.